The Balaban J connectivity index is 1.45. The van der Waals surface area contributed by atoms with E-state index < -0.39 is 0 Å². The zero-order valence-corrected chi connectivity index (χ0v) is 16.5. The summed E-state index contributed by atoms with van der Waals surface area (Å²) >= 11 is 0. The monoisotopic (exact) mass is 387 g/mol. The summed E-state index contributed by atoms with van der Waals surface area (Å²) in [7, 11) is 1.65. The van der Waals surface area contributed by atoms with Crippen LogP contribution in [0, 0.1) is 0 Å². The molecule has 1 atom stereocenters. The summed E-state index contributed by atoms with van der Waals surface area (Å²) in [6, 6.07) is 25.7. The number of ether oxygens (including phenoxy) is 1. The van der Waals surface area contributed by atoms with Gasteiger partial charge in [0.15, 0.2) is 0 Å². The molecule has 148 valence electrons. The van der Waals surface area contributed by atoms with Crippen molar-refractivity contribution < 1.29 is 9.53 Å². The van der Waals surface area contributed by atoms with Gasteiger partial charge in [-0.2, -0.15) is 0 Å². The molecule has 1 aliphatic rings. The molecule has 29 heavy (non-hydrogen) atoms. The number of hydrogen-bond acceptors (Lipinski definition) is 4. The maximum absolute atomic E-state index is 13.2. The predicted octanol–water partition coefficient (Wildman–Crippen LogP) is 4.77. The van der Waals surface area contributed by atoms with Crippen LogP contribution in [-0.2, 0) is 0 Å². The van der Waals surface area contributed by atoms with E-state index in [1.165, 1.54) is 0 Å². The van der Waals surface area contributed by atoms with Crippen LogP contribution in [0.3, 0.4) is 0 Å². The van der Waals surface area contributed by atoms with E-state index in [0.717, 1.165) is 35.8 Å². The molecule has 5 nitrogen and oxygen atoms in total. The number of methoxy groups -OCH3 is 1. The van der Waals surface area contributed by atoms with E-state index in [-0.39, 0.29) is 11.9 Å². The van der Waals surface area contributed by atoms with Crippen molar-refractivity contribution in [1.29, 1.82) is 0 Å². The third kappa shape index (κ3) is 4.51. The van der Waals surface area contributed by atoms with Gasteiger partial charge in [0.05, 0.1) is 18.4 Å². The van der Waals surface area contributed by atoms with Crippen molar-refractivity contribution in [2.24, 2.45) is 0 Å². The molecule has 5 heteroatoms. The van der Waals surface area contributed by atoms with E-state index in [1.54, 1.807) is 7.11 Å². The number of likely N-dealkylation sites (tertiary alicyclic amines) is 1. The van der Waals surface area contributed by atoms with Gasteiger partial charge in [0.2, 0.25) is 0 Å². The minimum atomic E-state index is 0.0546. The van der Waals surface area contributed by atoms with Crippen LogP contribution in [0.15, 0.2) is 78.9 Å². The van der Waals surface area contributed by atoms with Crippen LogP contribution >= 0.6 is 0 Å². The maximum Gasteiger partial charge on any atom is 0.256 e. The van der Waals surface area contributed by atoms with Crippen LogP contribution in [0.5, 0.6) is 5.75 Å². The number of rotatable bonds is 6. The van der Waals surface area contributed by atoms with Gasteiger partial charge in [-0.3, -0.25) is 4.79 Å². The van der Waals surface area contributed by atoms with Gasteiger partial charge in [0.1, 0.15) is 5.75 Å². The SMILES string of the molecule is COc1ccc(Nc2ccccc2C(=O)N2CCC(Nc3ccccc3)C2)cc1. The van der Waals surface area contributed by atoms with Crippen LogP contribution in [0.25, 0.3) is 0 Å². The van der Waals surface area contributed by atoms with Crippen molar-refractivity contribution >= 4 is 23.0 Å². The van der Waals surface area contributed by atoms with Gasteiger partial charge in [-0.1, -0.05) is 30.3 Å². The van der Waals surface area contributed by atoms with E-state index >= 15 is 0 Å². The number of carbonyl (C=O) groups is 1. The molecule has 0 bridgehead atoms. The minimum Gasteiger partial charge on any atom is -0.497 e. The summed E-state index contributed by atoms with van der Waals surface area (Å²) < 4.78 is 5.21. The number of nitrogens with zero attached hydrogens (tertiary/aromatic N) is 1. The second kappa shape index (κ2) is 8.69. The van der Waals surface area contributed by atoms with E-state index in [4.69, 9.17) is 4.74 Å². The third-order valence-electron chi connectivity index (χ3n) is 5.15. The number of hydrogen-bond donors (Lipinski definition) is 2. The average molecular weight is 387 g/mol. The van der Waals surface area contributed by atoms with E-state index in [9.17, 15) is 4.79 Å². The first-order valence-electron chi connectivity index (χ1n) is 9.84. The van der Waals surface area contributed by atoms with Crippen molar-refractivity contribution in [3.63, 3.8) is 0 Å². The highest BCUT2D eigenvalue weighted by Gasteiger charge is 2.28. The summed E-state index contributed by atoms with van der Waals surface area (Å²) in [5, 5.41) is 6.88. The van der Waals surface area contributed by atoms with Gasteiger partial charge in [-0.05, 0) is 55.0 Å². The molecule has 1 fully saturated rings. The smallest absolute Gasteiger partial charge is 0.256 e. The second-order valence-electron chi connectivity index (χ2n) is 7.15. The first-order valence-corrected chi connectivity index (χ1v) is 9.84. The predicted molar refractivity (Wildman–Crippen MR) is 117 cm³/mol. The lowest BCUT2D eigenvalue weighted by atomic mass is 10.1. The van der Waals surface area contributed by atoms with Crippen molar-refractivity contribution in [3.05, 3.63) is 84.4 Å². The van der Waals surface area contributed by atoms with Gasteiger partial charge in [0.25, 0.3) is 5.91 Å². The highest BCUT2D eigenvalue weighted by Crippen LogP contribution is 2.25. The summed E-state index contributed by atoms with van der Waals surface area (Å²) in [6.45, 7) is 1.45. The summed E-state index contributed by atoms with van der Waals surface area (Å²) in [4.78, 5) is 15.1. The number of anilines is 3. The fourth-order valence-electron chi connectivity index (χ4n) is 3.61. The second-order valence-corrected chi connectivity index (χ2v) is 7.15. The van der Waals surface area contributed by atoms with Gasteiger partial charge in [-0.15, -0.1) is 0 Å². The largest absolute Gasteiger partial charge is 0.497 e. The van der Waals surface area contributed by atoms with Crippen LogP contribution < -0.4 is 15.4 Å². The molecule has 0 aliphatic carbocycles. The first-order chi connectivity index (χ1) is 14.2. The molecule has 0 radical (unpaired) electrons. The molecule has 1 heterocycles. The van der Waals surface area contributed by atoms with E-state index in [0.29, 0.717) is 12.1 Å². The number of carbonyl (C=O) groups excluding carboxylic acids is 1. The Bertz CT molecular complexity index is 957. The molecule has 3 aromatic rings. The first kappa shape index (κ1) is 18.9. The molecule has 0 aromatic heterocycles. The van der Waals surface area contributed by atoms with E-state index in [2.05, 4.69) is 22.8 Å². The van der Waals surface area contributed by atoms with Gasteiger partial charge >= 0.3 is 0 Å². The molecule has 1 aliphatic heterocycles. The summed E-state index contributed by atoms with van der Waals surface area (Å²) in [5.41, 5.74) is 3.50. The molecule has 1 amide bonds. The van der Waals surface area contributed by atoms with Crippen molar-refractivity contribution in [1.82, 2.24) is 4.90 Å². The normalized spacial score (nSPS) is 15.8. The third-order valence-corrected chi connectivity index (χ3v) is 5.15. The van der Waals surface area contributed by atoms with Gasteiger partial charge in [-0.25, -0.2) is 0 Å². The van der Waals surface area contributed by atoms with Crippen LogP contribution in [0.4, 0.5) is 17.1 Å². The Morgan fingerprint density at radius 1 is 0.931 bits per heavy atom. The Morgan fingerprint density at radius 2 is 1.66 bits per heavy atom. The lowest BCUT2D eigenvalue weighted by Gasteiger charge is -2.20. The van der Waals surface area contributed by atoms with Crippen LogP contribution in [-0.4, -0.2) is 37.0 Å². The number of amides is 1. The molecule has 2 N–H and O–H groups in total. The zero-order valence-electron chi connectivity index (χ0n) is 16.5. The quantitative estimate of drug-likeness (QED) is 0.640. The number of benzene rings is 3. The van der Waals surface area contributed by atoms with Gasteiger partial charge < -0.3 is 20.3 Å². The Hall–Kier alpha value is -3.47. The van der Waals surface area contributed by atoms with Crippen molar-refractivity contribution in [3.8, 4) is 5.75 Å². The average Bonchev–Trinajstić information content (AvgIpc) is 3.23. The minimum absolute atomic E-state index is 0.0546. The molecular weight excluding hydrogens is 362 g/mol. The lowest BCUT2D eigenvalue weighted by molar-refractivity contribution is 0.0792. The van der Waals surface area contributed by atoms with Crippen LogP contribution in [0.2, 0.25) is 0 Å². The lowest BCUT2D eigenvalue weighted by Crippen LogP contribution is -2.32. The highest BCUT2D eigenvalue weighted by molar-refractivity contribution is 6.00. The van der Waals surface area contributed by atoms with Crippen molar-refractivity contribution in [2.45, 2.75) is 12.5 Å². The summed E-state index contributed by atoms with van der Waals surface area (Å²) in [5.74, 6) is 0.855. The molecule has 0 spiro atoms. The zero-order chi connectivity index (χ0) is 20.1. The van der Waals surface area contributed by atoms with E-state index in [1.807, 2.05) is 71.6 Å². The number of para-hydroxylation sites is 2. The molecule has 3 aromatic carbocycles. The molecule has 4 rings (SSSR count). The molecule has 1 saturated heterocycles. The van der Waals surface area contributed by atoms with Gasteiger partial charge in [0, 0.05) is 30.5 Å². The molecule has 0 saturated carbocycles. The molecular formula is C24H25N3O2. The standard InChI is InChI=1S/C24H25N3O2/c1-29-21-13-11-19(12-14-21)26-23-10-6-5-9-22(23)24(28)27-16-15-20(17-27)25-18-7-3-2-4-8-18/h2-14,20,25-26H,15-17H2,1H3. The number of nitrogens with one attached hydrogen (secondary N) is 2. The topological polar surface area (TPSA) is 53.6 Å². The van der Waals surface area contributed by atoms with Crippen molar-refractivity contribution in [2.75, 3.05) is 30.8 Å². The van der Waals surface area contributed by atoms with Crippen LogP contribution in [0.1, 0.15) is 16.8 Å². The maximum atomic E-state index is 13.2. The fourth-order valence-corrected chi connectivity index (χ4v) is 3.61. The fraction of sp³-hybridized carbons (Fsp3) is 0.208. The Morgan fingerprint density at radius 3 is 2.41 bits per heavy atom. The Labute approximate surface area is 171 Å². The Kier molecular flexibility index (Phi) is 5.66. The summed E-state index contributed by atoms with van der Waals surface area (Å²) in [6.07, 6.45) is 0.939. The highest BCUT2D eigenvalue weighted by atomic mass is 16.5. The molecule has 1 unspecified atom stereocenters.